The molecule has 1 rings (SSSR count). The van der Waals surface area contributed by atoms with Crippen LogP contribution >= 0.6 is 12.4 Å². The van der Waals surface area contributed by atoms with Gasteiger partial charge in [-0.25, -0.2) is 4.39 Å². The van der Waals surface area contributed by atoms with Gasteiger partial charge < -0.3 is 4.57 Å². The average Bonchev–Trinajstić information content (AvgIpc) is 2.08. The highest BCUT2D eigenvalue weighted by Crippen LogP contribution is 2.09. The van der Waals surface area contributed by atoms with Gasteiger partial charge in [-0.1, -0.05) is 32.0 Å². The van der Waals surface area contributed by atoms with Crippen LogP contribution in [0.4, 0.5) is 4.39 Å². The first kappa shape index (κ1) is 13.6. The first-order valence-electron chi connectivity index (χ1n) is 4.55. The van der Waals surface area contributed by atoms with Gasteiger partial charge in [-0.3, -0.25) is 0 Å². The lowest BCUT2D eigenvalue weighted by Gasteiger charge is -2.21. The quantitative estimate of drug-likeness (QED) is 0.719. The summed E-state index contributed by atoms with van der Waals surface area (Å²) in [6, 6.07) is 7.49. The van der Waals surface area contributed by atoms with Crippen molar-refractivity contribution < 1.29 is 4.39 Å². The van der Waals surface area contributed by atoms with E-state index in [1.54, 1.807) is 6.07 Å². The molecule has 4 heteroatoms. The smallest absolute Gasteiger partial charge is 0.127 e. The highest BCUT2D eigenvalue weighted by Gasteiger charge is 2.06. The number of benzene rings is 1. The summed E-state index contributed by atoms with van der Waals surface area (Å²) in [6.07, 6.45) is 0. The van der Waals surface area contributed by atoms with Crippen molar-refractivity contribution in [1.29, 1.82) is 0 Å². The molecule has 14 heavy (non-hydrogen) atoms. The first-order chi connectivity index (χ1) is 6.11. The molecule has 0 aliphatic rings. The second kappa shape index (κ2) is 6.17. The Balaban J connectivity index is 0.00000169. The van der Waals surface area contributed by atoms with Gasteiger partial charge in [-0.2, -0.15) is 0 Å². The summed E-state index contributed by atoms with van der Waals surface area (Å²) < 4.78 is 15.5. The van der Waals surface area contributed by atoms with Crippen molar-refractivity contribution >= 4 is 22.8 Å². The molecule has 0 aromatic heterocycles. The van der Waals surface area contributed by atoms with E-state index in [4.69, 9.17) is 0 Å². The summed E-state index contributed by atoms with van der Waals surface area (Å²) in [5, 5.41) is 0. The molecule has 80 valence electrons. The monoisotopic (exact) mass is 233 g/mol. The Labute approximate surface area is 94.2 Å². The number of hydrogen-bond donors (Lipinski definition) is 0. The standard InChI is InChI=1S/C10H16FNSi.ClH/c1-8(2)12(13)7-9-5-3-4-6-10(9)11;/h3-6,8H,7H2,1-2,13H3;1H. The van der Waals surface area contributed by atoms with E-state index in [2.05, 4.69) is 18.4 Å². The highest BCUT2D eigenvalue weighted by atomic mass is 35.5. The number of hydrogen-bond acceptors (Lipinski definition) is 1. The van der Waals surface area contributed by atoms with Crippen LogP contribution in [0, 0.1) is 5.82 Å². The van der Waals surface area contributed by atoms with E-state index in [0.29, 0.717) is 6.04 Å². The van der Waals surface area contributed by atoms with Crippen LogP contribution in [0.25, 0.3) is 0 Å². The van der Waals surface area contributed by atoms with Crippen LogP contribution < -0.4 is 0 Å². The maximum Gasteiger partial charge on any atom is 0.127 e. The number of halogens is 2. The molecule has 1 nitrogen and oxygen atoms in total. The van der Waals surface area contributed by atoms with E-state index in [1.807, 2.05) is 12.1 Å². The number of rotatable bonds is 3. The Kier molecular flexibility index (Phi) is 6.00. The fourth-order valence-corrected chi connectivity index (χ4v) is 1.42. The van der Waals surface area contributed by atoms with Crippen molar-refractivity contribution in [3.8, 4) is 0 Å². The Morgan fingerprint density at radius 1 is 1.36 bits per heavy atom. The van der Waals surface area contributed by atoms with Gasteiger partial charge in [-0.15, -0.1) is 12.4 Å². The van der Waals surface area contributed by atoms with Crippen LogP contribution in [0.5, 0.6) is 0 Å². The third-order valence-electron chi connectivity index (χ3n) is 2.26. The summed E-state index contributed by atoms with van der Waals surface area (Å²) in [6.45, 7) is 5.00. The Morgan fingerprint density at radius 2 is 1.93 bits per heavy atom. The molecule has 0 saturated heterocycles. The minimum atomic E-state index is -0.0935. The lowest BCUT2D eigenvalue weighted by Crippen LogP contribution is -2.27. The Morgan fingerprint density at radius 3 is 2.43 bits per heavy atom. The van der Waals surface area contributed by atoms with Gasteiger partial charge in [0, 0.05) is 12.1 Å². The maximum absolute atomic E-state index is 13.2. The average molecular weight is 234 g/mol. The molecule has 0 unspecified atom stereocenters. The topological polar surface area (TPSA) is 3.24 Å². The normalized spacial score (nSPS) is 10.6. The fourth-order valence-electron chi connectivity index (χ4n) is 1.08. The van der Waals surface area contributed by atoms with E-state index >= 15 is 0 Å². The fraction of sp³-hybridized carbons (Fsp3) is 0.400. The van der Waals surface area contributed by atoms with Gasteiger partial charge in [0.05, 0.1) is 10.4 Å². The summed E-state index contributed by atoms with van der Waals surface area (Å²) in [7, 11) is 0.973. The minimum Gasteiger partial charge on any atom is -0.326 e. The molecule has 0 saturated carbocycles. The maximum atomic E-state index is 13.2. The molecule has 0 amide bonds. The van der Waals surface area contributed by atoms with E-state index in [1.165, 1.54) is 6.07 Å². The van der Waals surface area contributed by atoms with Crippen molar-refractivity contribution in [1.82, 2.24) is 4.57 Å². The molecule has 0 heterocycles. The molecular weight excluding hydrogens is 217 g/mol. The van der Waals surface area contributed by atoms with E-state index in [0.717, 1.165) is 22.5 Å². The van der Waals surface area contributed by atoms with Crippen molar-refractivity contribution in [2.24, 2.45) is 0 Å². The second-order valence-corrected chi connectivity index (χ2v) is 4.75. The van der Waals surface area contributed by atoms with Gasteiger partial charge in [0.1, 0.15) is 5.82 Å². The van der Waals surface area contributed by atoms with Gasteiger partial charge in [0.15, 0.2) is 0 Å². The second-order valence-electron chi connectivity index (χ2n) is 3.60. The van der Waals surface area contributed by atoms with Crippen molar-refractivity contribution in [2.45, 2.75) is 26.4 Å². The van der Waals surface area contributed by atoms with Crippen LogP contribution in [-0.4, -0.2) is 21.0 Å². The molecule has 0 aliphatic carbocycles. The summed E-state index contributed by atoms with van der Waals surface area (Å²) >= 11 is 0. The highest BCUT2D eigenvalue weighted by molar-refractivity contribution is 6.04. The van der Waals surface area contributed by atoms with E-state index in [-0.39, 0.29) is 18.2 Å². The molecule has 1 aromatic rings. The third kappa shape index (κ3) is 3.78. The summed E-state index contributed by atoms with van der Waals surface area (Å²) in [5.41, 5.74) is 0.797. The largest absolute Gasteiger partial charge is 0.326 e. The molecule has 1 aromatic carbocycles. The van der Waals surface area contributed by atoms with Crippen LogP contribution in [0.15, 0.2) is 24.3 Å². The van der Waals surface area contributed by atoms with Crippen molar-refractivity contribution in [2.75, 3.05) is 0 Å². The van der Waals surface area contributed by atoms with Crippen molar-refractivity contribution in [3.63, 3.8) is 0 Å². The van der Waals surface area contributed by atoms with Crippen LogP contribution in [0.1, 0.15) is 19.4 Å². The zero-order valence-electron chi connectivity index (χ0n) is 8.83. The van der Waals surface area contributed by atoms with Crippen molar-refractivity contribution in [3.05, 3.63) is 35.6 Å². The third-order valence-corrected chi connectivity index (χ3v) is 3.61. The Bertz CT molecular complexity index is 281. The predicted molar refractivity (Wildman–Crippen MR) is 64.3 cm³/mol. The molecule has 0 spiro atoms. The molecule has 0 bridgehead atoms. The predicted octanol–water partition coefficient (Wildman–Crippen LogP) is 1.74. The molecular formula is C10H17ClFNSi. The van der Waals surface area contributed by atoms with Crippen LogP contribution in [0.2, 0.25) is 0 Å². The molecule has 0 aliphatic heterocycles. The van der Waals surface area contributed by atoms with Gasteiger partial charge in [-0.05, 0) is 12.1 Å². The van der Waals surface area contributed by atoms with Gasteiger partial charge in [0.25, 0.3) is 0 Å². The molecule has 0 atom stereocenters. The Hall–Kier alpha value is -0.383. The minimum absolute atomic E-state index is 0. The molecule has 0 fully saturated rings. The van der Waals surface area contributed by atoms with Gasteiger partial charge >= 0.3 is 0 Å². The zero-order chi connectivity index (χ0) is 9.84. The summed E-state index contributed by atoms with van der Waals surface area (Å²) in [4.78, 5) is 0. The van der Waals surface area contributed by atoms with E-state index < -0.39 is 0 Å². The molecule has 0 radical (unpaired) electrons. The lowest BCUT2D eigenvalue weighted by atomic mass is 10.2. The van der Waals surface area contributed by atoms with Gasteiger partial charge in [0.2, 0.25) is 0 Å². The molecule has 0 N–H and O–H groups in total. The SMILES string of the molecule is CC(C)N([SiH3])Cc1ccccc1F.Cl. The lowest BCUT2D eigenvalue weighted by molar-refractivity contribution is 0.367. The summed E-state index contributed by atoms with van der Waals surface area (Å²) in [5.74, 6) is -0.0935. The zero-order valence-corrected chi connectivity index (χ0v) is 11.6. The number of nitrogens with zero attached hydrogens (tertiary/aromatic N) is 1. The first-order valence-corrected chi connectivity index (χ1v) is 5.44. The van der Waals surface area contributed by atoms with Crippen LogP contribution in [0.3, 0.4) is 0 Å². The van der Waals surface area contributed by atoms with Crippen LogP contribution in [-0.2, 0) is 6.54 Å². The van der Waals surface area contributed by atoms with E-state index in [9.17, 15) is 4.39 Å².